The third kappa shape index (κ3) is 5.68. The van der Waals surface area contributed by atoms with Gasteiger partial charge in [-0.2, -0.15) is 0 Å². The van der Waals surface area contributed by atoms with Gasteiger partial charge in [0.25, 0.3) is 5.91 Å². The molecule has 7 heteroatoms. The highest BCUT2D eigenvalue weighted by Crippen LogP contribution is 2.38. The second kappa shape index (κ2) is 9.05. The van der Waals surface area contributed by atoms with Crippen LogP contribution in [0.1, 0.15) is 23.7 Å². The lowest BCUT2D eigenvalue weighted by Gasteiger charge is -2.09. The molecule has 29 heavy (non-hydrogen) atoms. The smallest absolute Gasteiger partial charge is 0.319 e. The molecule has 1 saturated carbocycles. The van der Waals surface area contributed by atoms with Gasteiger partial charge in [-0.3, -0.25) is 9.59 Å². The molecule has 4 N–H and O–H groups in total. The Morgan fingerprint density at radius 3 is 2.00 bits per heavy atom. The Kier molecular flexibility index (Phi) is 6.29. The average molecular weight is 392 g/mol. The van der Waals surface area contributed by atoms with Crippen LogP contribution in [-0.4, -0.2) is 24.4 Å². The number of carbonyl (C=O) groups is 3. The first-order chi connectivity index (χ1) is 14.0. The molecule has 0 aromatic heterocycles. The van der Waals surface area contributed by atoms with Crippen LogP contribution in [-0.2, 0) is 4.79 Å². The summed E-state index contributed by atoms with van der Waals surface area (Å²) in [4.78, 5) is 36.0. The lowest BCUT2D eigenvalue weighted by atomic mass is 10.1. The molecule has 0 spiro atoms. The maximum atomic E-state index is 12.4. The summed E-state index contributed by atoms with van der Waals surface area (Å²) in [6.45, 7) is 5.96. The Hall–Kier alpha value is -3.61. The molecule has 0 aliphatic heterocycles. The van der Waals surface area contributed by atoms with Crippen LogP contribution in [0.5, 0.6) is 0 Å². The fourth-order valence-corrected chi connectivity index (χ4v) is 2.81. The van der Waals surface area contributed by atoms with Gasteiger partial charge in [0.15, 0.2) is 0 Å². The Bertz CT molecular complexity index is 907. The summed E-state index contributed by atoms with van der Waals surface area (Å²) in [5.74, 6) is 0.316. The van der Waals surface area contributed by atoms with Crippen molar-refractivity contribution in [3.05, 3.63) is 66.7 Å². The number of anilines is 3. The van der Waals surface area contributed by atoms with Crippen LogP contribution in [0, 0.1) is 11.8 Å². The van der Waals surface area contributed by atoms with Crippen molar-refractivity contribution in [1.29, 1.82) is 0 Å². The van der Waals surface area contributed by atoms with Crippen molar-refractivity contribution in [2.24, 2.45) is 11.8 Å². The minimum atomic E-state index is -0.329. The maximum Gasteiger partial charge on any atom is 0.319 e. The SMILES string of the molecule is C=CCNC(=O)Nc1ccc(NC(=O)c2ccc(NC(=O)C3CC3C)cc2)cc1. The van der Waals surface area contributed by atoms with E-state index in [1.54, 1.807) is 54.6 Å². The van der Waals surface area contributed by atoms with Gasteiger partial charge in [0.1, 0.15) is 0 Å². The minimum Gasteiger partial charge on any atom is -0.334 e. The monoisotopic (exact) mass is 392 g/mol. The van der Waals surface area contributed by atoms with E-state index in [-0.39, 0.29) is 23.8 Å². The highest BCUT2D eigenvalue weighted by Gasteiger charge is 2.39. The topological polar surface area (TPSA) is 99.3 Å². The summed E-state index contributed by atoms with van der Waals surface area (Å²) in [6, 6.07) is 13.2. The molecule has 2 aromatic rings. The molecule has 3 rings (SSSR count). The van der Waals surface area contributed by atoms with Gasteiger partial charge in [-0.05, 0) is 60.9 Å². The van der Waals surface area contributed by atoms with E-state index in [4.69, 9.17) is 0 Å². The van der Waals surface area contributed by atoms with Crippen LogP contribution in [0.2, 0.25) is 0 Å². The van der Waals surface area contributed by atoms with Crippen molar-refractivity contribution in [2.75, 3.05) is 22.5 Å². The van der Waals surface area contributed by atoms with E-state index in [1.165, 1.54) is 0 Å². The van der Waals surface area contributed by atoms with E-state index in [1.807, 2.05) is 0 Å². The largest absolute Gasteiger partial charge is 0.334 e. The van der Waals surface area contributed by atoms with Crippen molar-refractivity contribution in [1.82, 2.24) is 5.32 Å². The van der Waals surface area contributed by atoms with E-state index >= 15 is 0 Å². The highest BCUT2D eigenvalue weighted by atomic mass is 16.2. The highest BCUT2D eigenvalue weighted by molar-refractivity contribution is 6.05. The van der Waals surface area contributed by atoms with Gasteiger partial charge in [-0.25, -0.2) is 4.79 Å². The van der Waals surface area contributed by atoms with Crippen molar-refractivity contribution < 1.29 is 14.4 Å². The second-order valence-electron chi connectivity index (χ2n) is 7.04. The summed E-state index contributed by atoms with van der Waals surface area (Å²) in [5, 5.41) is 11.0. The number of urea groups is 1. The van der Waals surface area contributed by atoms with Crippen molar-refractivity contribution in [3.8, 4) is 0 Å². The standard InChI is InChI=1S/C22H24N4O3/c1-3-12-23-22(29)26-18-10-8-17(9-11-18)24-20(27)15-4-6-16(7-5-15)25-21(28)19-13-14(19)2/h3-11,14,19H,1,12-13H2,2H3,(H,24,27)(H,25,28)(H2,23,26,29). The molecule has 0 radical (unpaired) electrons. The molecule has 1 fully saturated rings. The summed E-state index contributed by atoms with van der Waals surface area (Å²) >= 11 is 0. The predicted molar refractivity (Wildman–Crippen MR) is 114 cm³/mol. The quantitative estimate of drug-likeness (QED) is 0.539. The molecule has 2 atom stereocenters. The van der Waals surface area contributed by atoms with Gasteiger partial charge < -0.3 is 21.3 Å². The van der Waals surface area contributed by atoms with E-state index in [9.17, 15) is 14.4 Å². The zero-order valence-electron chi connectivity index (χ0n) is 16.2. The summed E-state index contributed by atoms with van der Waals surface area (Å²) in [7, 11) is 0. The van der Waals surface area contributed by atoms with E-state index in [0.29, 0.717) is 35.1 Å². The molecule has 0 heterocycles. The molecule has 150 valence electrons. The molecule has 4 amide bonds. The van der Waals surface area contributed by atoms with Gasteiger partial charge >= 0.3 is 6.03 Å². The number of carbonyl (C=O) groups excluding carboxylic acids is 3. The fraction of sp³-hybridized carbons (Fsp3) is 0.227. The third-order valence-corrected chi connectivity index (χ3v) is 4.67. The van der Waals surface area contributed by atoms with Crippen LogP contribution >= 0.6 is 0 Å². The Morgan fingerprint density at radius 1 is 0.931 bits per heavy atom. The normalized spacial score (nSPS) is 17.0. The summed E-state index contributed by atoms with van der Waals surface area (Å²) in [5.41, 5.74) is 2.37. The van der Waals surface area contributed by atoms with E-state index in [0.717, 1.165) is 6.42 Å². The van der Waals surface area contributed by atoms with E-state index in [2.05, 4.69) is 34.8 Å². The number of hydrogen-bond donors (Lipinski definition) is 4. The van der Waals surface area contributed by atoms with Gasteiger partial charge in [-0.1, -0.05) is 13.0 Å². The first kappa shape index (κ1) is 20.1. The number of benzene rings is 2. The lowest BCUT2D eigenvalue weighted by Crippen LogP contribution is -2.28. The molecule has 0 saturated heterocycles. The van der Waals surface area contributed by atoms with Crippen LogP contribution in [0.3, 0.4) is 0 Å². The molecule has 7 nitrogen and oxygen atoms in total. The first-order valence-electron chi connectivity index (χ1n) is 9.44. The van der Waals surface area contributed by atoms with Gasteiger partial charge in [0.2, 0.25) is 5.91 Å². The van der Waals surface area contributed by atoms with Gasteiger partial charge in [0, 0.05) is 35.1 Å². The average Bonchev–Trinajstić information content (AvgIpc) is 3.45. The molecule has 0 bridgehead atoms. The van der Waals surface area contributed by atoms with Crippen LogP contribution < -0.4 is 21.3 Å². The van der Waals surface area contributed by atoms with Crippen LogP contribution in [0.4, 0.5) is 21.9 Å². The number of hydrogen-bond acceptors (Lipinski definition) is 3. The van der Waals surface area contributed by atoms with E-state index < -0.39 is 0 Å². The molecular weight excluding hydrogens is 368 g/mol. The fourth-order valence-electron chi connectivity index (χ4n) is 2.81. The van der Waals surface area contributed by atoms with Gasteiger partial charge in [0.05, 0.1) is 0 Å². The third-order valence-electron chi connectivity index (χ3n) is 4.67. The summed E-state index contributed by atoms with van der Waals surface area (Å²) in [6.07, 6.45) is 2.52. The second-order valence-corrected chi connectivity index (χ2v) is 7.04. The number of rotatable bonds is 7. The molecular formula is C22H24N4O3. The molecule has 1 aliphatic carbocycles. The number of nitrogens with one attached hydrogen (secondary N) is 4. The zero-order chi connectivity index (χ0) is 20.8. The Labute approximate surface area is 169 Å². The summed E-state index contributed by atoms with van der Waals surface area (Å²) < 4.78 is 0. The number of amides is 4. The first-order valence-corrected chi connectivity index (χ1v) is 9.44. The molecule has 2 unspecified atom stereocenters. The van der Waals surface area contributed by atoms with Crippen molar-refractivity contribution in [3.63, 3.8) is 0 Å². The van der Waals surface area contributed by atoms with Gasteiger partial charge in [-0.15, -0.1) is 6.58 Å². The molecule has 1 aliphatic rings. The Balaban J connectivity index is 1.52. The lowest BCUT2D eigenvalue weighted by molar-refractivity contribution is -0.117. The van der Waals surface area contributed by atoms with Crippen molar-refractivity contribution >= 4 is 34.9 Å². The molecule has 2 aromatic carbocycles. The Morgan fingerprint density at radius 2 is 1.45 bits per heavy atom. The maximum absolute atomic E-state index is 12.4. The van der Waals surface area contributed by atoms with Crippen LogP contribution in [0.25, 0.3) is 0 Å². The van der Waals surface area contributed by atoms with Crippen molar-refractivity contribution in [2.45, 2.75) is 13.3 Å². The minimum absolute atomic E-state index is 0.0292. The predicted octanol–water partition coefficient (Wildman–Crippen LogP) is 3.84. The zero-order valence-corrected chi connectivity index (χ0v) is 16.2. The van der Waals surface area contributed by atoms with Crippen LogP contribution in [0.15, 0.2) is 61.2 Å².